The van der Waals surface area contributed by atoms with Gasteiger partial charge in [0, 0.05) is 30.9 Å². The van der Waals surface area contributed by atoms with Crippen molar-refractivity contribution in [2.75, 3.05) is 20.6 Å². The smallest absolute Gasteiger partial charge is 0.222 e. The van der Waals surface area contributed by atoms with Crippen molar-refractivity contribution >= 4 is 17.2 Å². The molecular formula is C16H25N3OS. The Labute approximate surface area is 131 Å². The van der Waals surface area contributed by atoms with Gasteiger partial charge in [0.15, 0.2) is 0 Å². The maximum atomic E-state index is 11.8. The van der Waals surface area contributed by atoms with E-state index < -0.39 is 0 Å². The monoisotopic (exact) mass is 307 g/mol. The standard InChI is InChI=1S/C16H25N3OS/c1-10-11(2)21-15(17-10)9-18(3)14-5-12-7-16(20)19(4)8-13(12)6-14/h12-14H,5-9H2,1-4H3/t12-,13+,14-/m1/s1. The van der Waals surface area contributed by atoms with Gasteiger partial charge in [-0.3, -0.25) is 9.69 Å². The number of carbonyl (C=O) groups excluding carboxylic acids is 1. The van der Waals surface area contributed by atoms with E-state index in [1.807, 2.05) is 23.3 Å². The van der Waals surface area contributed by atoms with E-state index in [1.54, 1.807) is 0 Å². The summed E-state index contributed by atoms with van der Waals surface area (Å²) in [6.45, 7) is 6.11. The number of aromatic nitrogens is 1. The summed E-state index contributed by atoms with van der Waals surface area (Å²) in [5.74, 6) is 1.62. The van der Waals surface area contributed by atoms with Crippen molar-refractivity contribution in [2.45, 2.75) is 45.7 Å². The number of aryl methyl sites for hydroxylation is 2. The van der Waals surface area contributed by atoms with Gasteiger partial charge in [0.2, 0.25) is 5.91 Å². The van der Waals surface area contributed by atoms with E-state index in [0.717, 1.165) is 25.2 Å². The van der Waals surface area contributed by atoms with E-state index in [1.165, 1.54) is 22.7 Å². The zero-order chi connectivity index (χ0) is 15.1. The first-order valence-corrected chi connectivity index (χ1v) is 8.62. The maximum absolute atomic E-state index is 11.8. The molecule has 5 heteroatoms. The van der Waals surface area contributed by atoms with Gasteiger partial charge < -0.3 is 4.90 Å². The van der Waals surface area contributed by atoms with Crippen molar-refractivity contribution < 1.29 is 4.79 Å². The zero-order valence-corrected chi connectivity index (χ0v) is 14.2. The number of hydrogen-bond donors (Lipinski definition) is 0. The van der Waals surface area contributed by atoms with E-state index in [-0.39, 0.29) is 0 Å². The molecule has 116 valence electrons. The number of fused-ring (bicyclic) bond motifs is 1. The van der Waals surface area contributed by atoms with E-state index in [9.17, 15) is 4.79 Å². The van der Waals surface area contributed by atoms with Crippen molar-refractivity contribution in [1.82, 2.24) is 14.8 Å². The third kappa shape index (κ3) is 2.99. The summed E-state index contributed by atoms with van der Waals surface area (Å²) in [4.78, 5) is 22.2. The Hall–Kier alpha value is -0.940. The summed E-state index contributed by atoms with van der Waals surface area (Å²) in [5, 5.41) is 1.22. The largest absolute Gasteiger partial charge is 0.345 e. The summed E-state index contributed by atoms with van der Waals surface area (Å²) < 4.78 is 0. The number of carbonyl (C=O) groups is 1. The Balaban J connectivity index is 1.61. The highest BCUT2D eigenvalue weighted by molar-refractivity contribution is 7.11. The van der Waals surface area contributed by atoms with Crippen LogP contribution in [0.25, 0.3) is 0 Å². The predicted molar refractivity (Wildman–Crippen MR) is 85.3 cm³/mol. The molecule has 0 radical (unpaired) electrons. The molecule has 2 fully saturated rings. The molecule has 3 atom stereocenters. The molecule has 1 aliphatic carbocycles. The fourth-order valence-corrected chi connectivity index (χ4v) is 4.79. The third-order valence-electron chi connectivity index (χ3n) is 5.27. The number of nitrogens with zero attached hydrogens (tertiary/aromatic N) is 3. The quantitative estimate of drug-likeness (QED) is 0.860. The van der Waals surface area contributed by atoms with Crippen LogP contribution in [0, 0.1) is 25.7 Å². The first-order chi connectivity index (χ1) is 9.94. The van der Waals surface area contributed by atoms with Gasteiger partial charge >= 0.3 is 0 Å². The van der Waals surface area contributed by atoms with Crippen LogP contribution in [0.3, 0.4) is 0 Å². The maximum Gasteiger partial charge on any atom is 0.222 e. The van der Waals surface area contributed by atoms with Crippen LogP contribution in [0.1, 0.15) is 34.8 Å². The van der Waals surface area contributed by atoms with Crippen molar-refractivity contribution in [3.05, 3.63) is 15.6 Å². The molecule has 0 bridgehead atoms. The normalized spacial score (nSPS) is 29.3. The number of hydrogen-bond acceptors (Lipinski definition) is 4. The van der Waals surface area contributed by atoms with Crippen LogP contribution in [0.15, 0.2) is 0 Å². The summed E-state index contributed by atoms with van der Waals surface area (Å²) in [7, 11) is 4.15. The molecule has 21 heavy (non-hydrogen) atoms. The van der Waals surface area contributed by atoms with Gasteiger partial charge in [0.25, 0.3) is 0 Å². The molecule has 3 rings (SSSR count). The van der Waals surface area contributed by atoms with Crippen molar-refractivity contribution in [2.24, 2.45) is 11.8 Å². The predicted octanol–water partition coefficient (Wildman–Crippen LogP) is 2.45. The molecule has 1 aromatic rings. The first-order valence-electron chi connectivity index (χ1n) is 7.81. The lowest BCUT2D eigenvalue weighted by Crippen LogP contribution is -2.39. The lowest BCUT2D eigenvalue weighted by Gasteiger charge is -2.31. The van der Waals surface area contributed by atoms with Crippen LogP contribution < -0.4 is 0 Å². The highest BCUT2D eigenvalue weighted by atomic mass is 32.1. The van der Waals surface area contributed by atoms with Gasteiger partial charge in [0.05, 0.1) is 12.2 Å². The van der Waals surface area contributed by atoms with Crippen molar-refractivity contribution in [3.63, 3.8) is 0 Å². The summed E-state index contributed by atoms with van der Waals surface area (Å²) in [5.41, 5.74) is 1.16. The third-order valence-corrected chi connectivity index (χ3v) is 6.33. The van der Waals surface area contributed by atoms with Gasteiger partial charge in [-0.25, -0.2) is 4.98 Å². The van der Waals surface area contributed by atoms with Crippen molar-refractivity contribution in [3.8, 4) is 0 Å². The number of rotatable bonds is 3. The molecule has 2 aliphatic rings. The molecule has 1 amide bonds. The van der Waals surface area contributed by atoms with Crippen LogP contribution in [0.2, 0.25) is 0 Å². The second kappa shape index (κ2) is 5.69. The minimum atomic E-state index is 0.325. The topological polar surface area (TPSA) is 36.4 Å². The SMILES string of the molecule is Cc1nc(CN(C)[C@@H]2C[C@@H]3CC(=O)N(C)C[C@@H]3C2)sc1C. The Morgan fingerprint density at radius 3 is 2.71 bits per heavy atom. The first kappa shape index (κ1) is 15.0. The molecule has 0 N–H and O–H groups in total. The average molecular weight is 307 g/mol. The van der Waals surface area contributed by atoms with Gasteiger partial charge in [-0.1, -0.05) is 0 Å². The molecule has 0 aromatic carbocycles. The molecular weight excluding hydrogens is 282 g/mol. The highest BCUT2D eigenvalue weighted by Gasteiger charge is 2.41. The lowest BCUT2D eigenvalue weighted by molar-refractivity contribution is -0.134. The van der Waals surface area contributed by atoms with Crippen LogP contribution in [-0.4, -0.2) is 47.4 Å². The molecule has 1 saturated heterocycles. The summed E-state index contributed by atoms with van der Waals surface area (Å²) in [6, 6.07) is 0.601. The Kier molecular flexibility index (Phi) is 4.06. The molecule has 1 aromatic heterocycles. The number of piperidine rings is 1. The van der Waals surface area contributed by atoms with E-state index in [4.69, 9.17) is 0 Å². The summed E-state index contributed by atoms with van der Waals surface area (Å²) >= 11 is 1.81. The molecule has 1 saturated carbocycles. The number of amides is 1. The fraction of sp³-hybridized carbons (Fsp3) is 0.750. The molecule has 1 aliphatic heterocycles. The molecule has 0 unspecified atom stereocenters. The lowest BCUT2D eigenvalue weighted by atomic mass is 9.88. The van der Waals surface area contributed by atoms with Gasteiger partial charge in [0.1, 0.15) is 5.01 Å². The van der Waals surface area contributed by atoms with E-state index in [0.29, 0.717) is 23.8 Å². The number of likely N-dealkylation sites (tertiary alicyclic amines) is 1. The van der Waals surface area contributed by atoms with Crippen LogP contribution in [0.5, 0.6) is 0 Å². The van der Waals surface area contributed by atoms with E-state index >= 15 is 0 Å². The Morgan fingerprint density at radius 2 is 2.05 bits per heavy atom. The van der Waals surface area contributed by atoms with Crippen molar-refractivity contribution in [1.29, 1.82) is 0 Å². The van der Waals surface area contributed by atoms with Crippen LogP contribution >= 0.6 is 11.3 Å². The van der Waals surface area contributed by atoms with Gasteiger partial charge in [-0.2, -0.15) is 0 Å². The highest BCUT2D eigenvalue weighted by Crippen LogP contribution is 2.40. The van der Waals surface area contributed by atoms with Crippen LogP contribution in [0.4, 0.5) is 0 Å². The van der Waals surface area contributed by atoms with Gasteiger partial charge in [-0.05, 0) is 45.6 Å². The minimum absolute atomic E-state index is 0.325. The fourth-order valence-electron chi connectivity index (χ4n) is 3.80. The summed E-state index contributed by atoms with van der Waals surface area (Å²) in [6.07, 6.45) is 3.15. The average Bonchev–Trinajstić information content (AvgIpc) is 2.94. The zero-order valence-electron chi connectivity index (χ0n) is 13.4. The van der Waals surface area contributed by atoms with Gasteiger partial charge in [-0.15, -0.1) is 11.3 Å². The molecule has 2 heterocycles. The Morgan fingerprint density at radius 1 is 1.33 bits per heavy atom. The van der Waals surface area contributed by atoms with Crippen LogP contribution in [-0.2, 0) is 11.3 Å². The molecule has 4 nitrogen and oxygen atoms in total. The minimum Gasteiger partial charge on any atom is -0.345 e. The second-order valence-corrected chi connectivity index (χ2v) is 8.08. The number of thiazole rings is 1. The second-order valence-electron chi connectivity index (χ2n) is 6.79. The molecule has 0 spiro atoms. The van der Waals surface area contributed by atoms with E-state index in [2.05, 4.69) is 30.8 Å². The Bertz CT molecular complexity index is 522.